The van der Waals surface area contributed by atoms with Gasteiger partial charge in [0, 0.05) is 13.0 Å². The monoisotopic (exact) mass is 281 g/mol. The molecule has 0 radical (unpaired) electrons. The van der Waals surface area contributed by atoms with E-state index < -0.39 is 17.5 Å². The Labute approximate surface area is 110 Å². The van der Waals surface area contributed by atoms with Gasteiger partial charge in [-0.15, -0.1) is 12.4 Å². The highest BCUT2D eigenvalue weighted by molar-refractivity contribution is 5.85. The Morgan fingerprint density at radius 1 is 1.39 bits per heavy atom. The van der Waals surface area contributed by atoms with Gasteiger partial charge in [-0.25, -0.2) is 0 Å². The lowest BCUT2D eigenvalue weighted by Crippen LogP contribution is -2.39. The third-order valence-electron chi connectivity index (χ3n) is 2.82. The molecular formula is C12H15ClF3NO. The fraction of sp³-hybridized carbons (Fsp3) is 0.500. The van der Waals surface area contributed by atoms with E-state index >= 15 is 0 Å². The molecule has 1 fully saturated rings. The number of nitrogens with one attached hydrogen (secondary N) is 1. The first-order chi connectivity index (χ1) is 7.89. The minimum Gasteiger partial charge on any atom is -0.359 e. The molecule has 1 aliphatic rings. The Hall–Kier alpha value is -0.780. The summed E-state index contributed by atoms with van der Waals surface area (Å²) in [6, 6.07) is 5.36. The molecule has 102 valence electrons. The van der Waals surface area contributed by atoms with E-state index in [0.29, 0.717) is 18.6 Å². The van der Waals surface area contributed by atoms with Gasteiger partial charge in [0.15, 0.2) is 0 Å². The van der Waals surface area contributed by atoms with Gasteiger partial charge >= 0.3 is 6.18 Å². The second-order valence-electron chi connectivity index (χ2n) is 4.38. The zero-order valence-corrected chi connectivity index (χ0v) is 10.7. The molecule has 0 bridgehead atoms. The zero-order chi connectivity index (χ0) is 12.5. The number of hydrogen-bond acceptors (Lipinski definition) is 2. The summed E-state index contributed by atoms with van der Waals surface area (Å²) in [6.07, 6.45) is -3.86. The standard InChI is InChI=1S/C12H14F3NO.ClH/c1-11(16-5-6-17-11)8-9-3-2-4-10(7-9)12(13,14)15;/h2-4,7,16H,5-6,8H2,1H3;1H. The first kappa shape index (κ1) is 15.3. The topological polar surface area (TPSA) is 21.3 Å². The van der Waals surface area contributed by atoms with Gasteiger partial charge in [0.05, 0.1) is 12.2 Å². The Morgan fingerprint density at radius 2 is 2.11 bits per heavy atom. The smallest absolute Gasteiger partial charge is 0.359 e. The summed E-state index contributed by atoms with van der Waals surface area (Å²) in [7, 11) is 0. The minimum absolute atomic E-state index is 0. The molecule has 1 atom stereocenters. The first-order valence-corrected chi connectivity index (χ1v) is 5.44. The maximum Gasteiger partial charge on any atom is 0.416 e. The second kappa shape index (κ2) is 5.47. The Bertz CT molecular complexity index is 403. The Morgan fingerprint density at radius 3 is 2.67 bits per heavy atom. The van der Waals surface area contributed by atoms with Crippen molar-refractivity contribution in [2.75, 3.05) is 13.2 Å². The van der Waals surface area contributed by atoms with Gasteiger partial charge in [0.1, 0.15) is 5.72 Å². The molecule has 1 aliphatic heterocycles. The van der Waals surface area contributed by atoms with Crippen molar-refractivity contribution in [3.8, 4) is 0 Å². The quantitative estimate of drug-likeness (QED) is 0.900. The molecule has 2 nitrogen and oxygen atoms in total. The molecule has 0 aromatic heterocycles. The van der Waals surface area contributed by atoms with Gasteiger partial charge in [0.2, 0.25) is 0 Å². The molecule has 1 N–H and O–H groups in total. The maximum absolute atomic E-state index is 12.5. The van der Waals surface area contributed by atoms with E-state index in [0.717, 1.165) is 12.6 Å². The van der Waals surface area contributed by atoms with Crippen LogP contribution in [0.5, 0.6) is 0 Å². The maximum atomic E-state index is 12.5. The molecule has 1 unspecified atom stereocenters. The minimum atomic E-state index is -4.29. The number of rotatable bonds is 2. The van der Waals surface area contributed by atoms with Crippen molar-refractivity contribution in [3.05, 3.63) is 35.4 Å². The molecule has 0 spiro atoms. The van der Waals surface area contributed by atoms with Crippen LogP contribution in [-0.4, -0.2) is 18.9 Å². The number of ether oxygens (including phenoxy) is 1. The van der Waals surface area contributed by atoms with Gasteiger partial charge in [-0.3, -0.25) is 5.32 Å². The number of hydrogen-bond donors (Lipinski definition) is 1. The van der Waals surface area contributed by atoms with E-state index in [1.165, 1.54) is 12.1 Å². The summed E-state index contributed by atoms with van der Waals surface area (Å²) in [5, 5.41) is 3.14. The SMILES string of the molecule is CC1(Cc2cccc(C(F)(F)F)c2)NCCO1.Cl. The van der Waals surface area contributed by atoms with Crippen LogP contribution >= 0.6 is 12.4 Å². The number of benzene rings is 1. The van der Waals surface area contributed by atoms with Crippen molar-refractivity contribution in [1.82, 2.24) is 5.32 Å². The highest BCUT2D eigenvalue weighted by atomic mass is 35.5. The van der Waals surface area contributed by atoms with Gasteiger partial charge in [-0.1, -0.05) is 18.2 Å². The predicted molar refractivity (Wildman–Crippen MR) is 64.8 cm³/mol. The zero-order valence-electron chi connectivity index (χ0n) is 9.88. The summed E-state index contributed by atoms with van der Waals surface area (Å²) in [4.78, 5) is 0. The van der Waals surface area contributed by atoms with Gasteiger partial charge in [0.25, 0.3) is 0 Å². The van der Waals surface area contributed by atoms with E-state index in [9.17, 15) is 13.2 Å². The molecule has 2 rings (SSSR count). The van der Waals surface area contributed by atoms with Crippen LogP contribution in [0.4, 0.5) is 13.2 Å². The van der Waals surface area contributed by atoms with Gasteiger partial charge in [-0.05, 0) is 18.6 Å². The Kier molecular flexibility index (Phi) is 4.64. The van der Waals surface area contributed by atoms with Crippen LogP contribution in [0.25, 0.3) is 0 Å². The van der Waals surface area contributed by atoms with Crippen LogP contribution < -0.4 is 5.32 Å². The van der Waals surface area contributed by atoms with Crippen molar-refractivity contribution in [2.45, 2.75) is 25.2 Å². The third kappa shape index (κ3) is 3.60. The van der Waals surface area contributed by atoms with Crippen molar-refractivity contribution < 1.29 is 17.9 Å². The van der Waals surface area contributed by atoms with Crippen molar-refractivity contribution in [3.63, 3.8) is 0 Å². The summed E-state index contributed by atoms with van der Waals surface area (Å²) in [6.45, 7) is 3.17. The van der Waals surface area contributed by atoms with E-state index in [1.807, 2.05) is 6.92 Å². The first-order valence-electron chi connectivity index (χ1n) is 5.44. The van der Waals surface area contributed by atoms with E-state index in [-0.39, 0.29) is 12.4 Å². The van der Waals surface area contributed by atoms with Crippen LogP contribution in [0.1, 0.15) is 18.1 Å². The fourth-order valence-electron chi connectivity index (χ4n) is 2.00. The molecular weight excluding hydrogens is 267 g/mol. The summed E-state index contributed by atoms with van der Waals surface area (Å²) in [5.74, 6) is 0. The van der Waals surface area contributed by atoms with E-state index in [4.69, 9.17) is 4.74 Å². The van der Waals surface area contributed by atoms with Crippen molar-refractivity contribution >= 4 is 12.4 Å². The summed E-state index contributed by atoms with van der Waals surface area (Å²) < 4.78 is 43.1. The molecule has 18 heavy (non-hydrogen) atoms. The highest BCUT2D eigenvalue weighted by Crippen LogP contribution is 2.30. The highest BCUT2D eigenvalue weighted by Gasteiger charge is 2.32. The predicted octanol–water partition coefficient (Wildman–Crippen LogP) is 3.01. The van der Waals surface area contributed by atoms with Crippen molar-refractivity contribution in [1.29, 1.82) is 0 Å². The van der Waals surface area contributed by atoms with Crippen LogP contribution in [0.2, 0.25) is 0 Å². The largest absolute Gasteiger partial charge is 0.416 e. The average Bonchev–Trinajstić information content (AvgIpc) is 2.64. The molecule has 1 saturated heterocycles. The fourth-order valence-corrected chi connectivity index (χ4v) is 2.00. The molecule has 1 heterocycles. The van der Waals surface area contributed by atoms with Crippen molar-refractivity contribution in [2.24, 2.45) is 0 Å². The summed E-state index contributed by atoms with van der Waals surface area (Å²) in [5.41, 5.74) is -0.544. The average molecular weight is 282 g/mol. The van der Waals surface area contributed by atoms with Crippen LogP contribution in [0.3, 0.4) is 0 Å². The van der Waals surface area contributed by atoms with Gasteiger partial charge in [-0.2, -0.15) is 13.2 Å². The van der Waals surface area contributed by atoms with Crippen LogP contribution in [0.15, 0.2) is 24.3 Å². The van der Waals surface area contributed by atoms with E-state index in [2.05, 4.69) is 5.32 Å². The van der Waals surface area contributed by atoms with Gasteiger partial charge < -0.3 is 4.74 Å². The molecule has 0 amide bonds. The molecule has 0 saturated carbocycles. The van der Waals surface area contributed by atoms with E-state index in [1.54, 1.807) is 6.07 Å². The molecule has 0 aliphatic carbocycles. The third-order valence-corrected chi connectivity index (χ3v) is 2.82. The second-order valence-corrected chi connectivity index (χ2v) is 4.38. The lowest BCUT2D eigenvalue weighted by atomic mass is 10.0. The summed E-state index contributed by atoms with van der Waals surface area (Å²) >= 11 is 0. The Balaban J connectivity index is 0.00000162. The molecule has 1 aromatic rings. The van der Waals surface area contributed by atoms with Crippen LogP contribution in [0, 0.1) is 0 Å². The normalized spacial score (nSPS) is 23.8. The number of halogens is 4. The number of alkyl halides is 3. The molecule has 1 aromatic carbocycles. The lowest BCUT2D eigenvalue weighted by Gasteiger charge is -2.24. The van der Waals surface area contributed by atoms with Crippen LogP contribution in [-0.2, 0) is 17.3 Å². The lowest BCUT2D eigenvalue weighted by molar-refractivity contribution is -0.137. The molecule has 6 heteroatoms.